The zero-order valence-corrected chi connectivity index (χ0v) is 6.32. The maximum atomic E-state index is 11.6. The molecular formula is C6H9F3N2O. The quantitative estimate of drug-likeness (QED) is 0.563. The molecule has 0 spiro atoms. The fourth-order valence-corrected chi connectivity index (χ4v) is 1.12. The standard InChI is InChI=1S/C6H9F3N2O/c7-6(8,9)10-5(12)11-3-1-2-4-11/h1-4H2,(H,10,12). The number of alkyl halides is 3. The van der Waals surface area contributed by atoms with E-state index in [2.05, 4.69) is 0 Å². The van der Waals surface area contributed by atoms with E-state index in [1.54, 1.807) is 0 Å². The van der Waals surface area contributed by atoms with E-state index in [1.165, 1.54) is 0 Å². The number of hydrogen-bond acceptors (Lipinski definition) is 1. The maximum absolute atomic E-state index is 11.6. The van der Waals surface area contributed by atoms with Gasteiger partial charge in [-0.15, -0.1) is 0 Å². The van der Waals surface area contributed by atoms with Crippen molar-refractivity contribution in [2.45, 2.75) is 19.1 Å². The molecule has 1 heterocycles. The summed E-state index contributed by atoms with van der Waals surface area (Å²) in [5.74, 6) is 0. The molecule has 1 aliphatic rings. The Morgan fingerprint density at radius 1 is 1.25 bits per heavy atom. The minimum atomic E-state index is -4.61. The van der Waals surface area contributed by atoms with Gasteiger partial charge in [0, 0.05) is 13.1 Å². The third kappa shape index (κ3) is 2.60. The van der Waals surface area contributed by atoms with Crippen molar-refractivity contribution in [1.82, 2.24) is 10.2 Å². The van der Waals surface area contributed by atoms with Gasteiger partial charge in [-0.2, -0.15) is 13.2 Å². The second-order valence-electron chi connectivity index (χ2n) is 2.62. The number of urea groups is 1. The van der Waals surface area contributed by atoms with Crippen molar-refractivity contribution in [3.63, 3.8) is 0 Å². The molecule has 1 saturated heterocycles. The smallest absolute Gasteiger partial charge is 0.325 e. The number of likely N-dealkylation sites (tertiary alicyclic amines) is 1. The summed E-state index contributed by atoms with van der Waals surface area (Å²) < 4.78 is 34.8. The molecule has 0 aromatic heterocycles. The van der Waals surface area contributed by atoms with Gasteiger partial charge >= 0.3 is 12.3 Å². The van der Waals surface area contributed by atoms with Crippen LogP contribution >= 0.6 is 0 Å². The molecular weight excluding hydrogens is 173 g/mol. The number of carbonyl (C=O) groups is 1. The van der Waals surface area contributed by atoms with Crippen molar-refractivity contribution in [2.75, 3.05) is 13.1 Å². The van der Waals surface area contributed by atoms with Crippen molar-refractivity contribution >= 4 is 6.03 Å². The van der Waals surface area contributed by atoms with Crippen molar-refractivity contribution in [2.24, 2.45) is 0 Å². The monoisotopic (exact) mass is 182 g/mol. The molecule has 1 N–H and O–H groups in total. The SMILES string of the molecule is O=C(NC(F)(F)F)N1CCCC1. The van der Waals surface area contributed by atoms with Gasteiger partial charge < -0.3 is 4.90 Å². The van der Waals surface area contributed by atoms with Crippen LogP contribution in [0.5, 0.6) is 0 Å². The first-order chi connectivity index (χ1) is 5.49. The highest BCUT2D eigenvalue weighted by molar-refractivity contribution is 5.74. The molecule has 0 aliphatic carbocycles. The molecule has 70 valence electrons. The highest BCUT2D eigenvalue weighted by Crippen LogP contribution is 2.13. The summed E-state index contributed by atoms with van der Waals surface area (Å²) in [4.78, 5) is 11.9. The van der Waals surface area contributed by atoms with Gasteiger partial charge in [0.1, 0.15) is 0 Å². The average molecular weight is 182 g/mol. The van der Waals surface area contributed by atoms with Crippen LogP contribution in [-0.4, -0.2) is 30.3 Å². The van der Waals surface area contributed by atoms with Gasteiger partial charge in [-0.05, 0) is 12.8 Å². The van der Waals surface area contributed by atoms with Crippen LogP contribution in [-0.2, 0) is 0 Å². The zero-order chi connectivity index (χ0) is 9.19. The second-order valence-corrected chi connectivity index (χ2v) is 2.62. The lowest BCUT2D eigenvalue weighted by atomic mass is 10.4. The minimum absolute atomic E-state index is 0.419. The van der Waals surface area contributed by atoms with Gasteiger partial charge in [0.15, 0.2) is 0 Å². The number of hydrogen-bond donors (Lipinski definition) is 1. The van der Waals surface area contributed by atoms with Gasteiger partial charge in [0.2, 0.25) is 0 Å². The van der Waals surface area contributed by atoms with Gasteiger partial charge in [0.05, 0.1) is 0 Å². The van der Waals surface area contributed by atoms with Crippen LogP contribution in [0.3, 0.4) is 0 Å². The van der Waals surface area contributed by atoms with E-state index in [-0.39, 0.29) is 0 Å². The Morgan fingerprint density at radius 3 is 2.17 bits per heavy atom. The molecule has 12 heavy (non-hydrogen) atoms. The molecule has 1 rings (SSSR count). The van der Waals surface area contributed by atoms with Crippen LogP contribution in [0.25, 0.3) is 0 Å². The molecule has 6 heteroatoms. The number of nitrogens with one attached hydrogen (secondary N) is 1. The molecule has 2 amide bonds. The second kappa shape index (κ2) is 3.20. The van der Waals surface area contributed by atoms with Gasteiger partial charge in [-0.25, -0.2) is 10.1 Å². The van der Waals surface area contributed by atoms with E-state index < -0.39 is 12.3 Å². The Bertz CT molecular complexity index is 174. The lowest BCUT2D eigenvalue weighted by Gasteiger charge is -2.17. The van der Waals surface area contributed by atoms with Crippen LogP contribution in [0.15, 0.2) is 0 Å². The molecule has 0 aromatic carbocycles. The van der Waals surface area contributed by atoms with E-state index in [4.69, 9.17) is 0 Å². The van der Waals surface area contributed by atoms with Crippen LogP contribution in [0.4, 0.5) is 18.0 Å². The van der Waals surface area contributed by atoms with E-state index >= 15 is 0 Å². The van der Waals surface area contributed by atoms with Crippen LogP contribution in [0.1, 0.15) is 12.8 Å². The summed E-state index contributed by atoms with van der Waals surface area (Å²) in [6, 6.07) is -1.04. The highest BCUT2D eigenvalue weighted by atomic mass is 19.4. The number of halogens is 3. The number of nitrogens with zero attached hydrogens (tertiary/aromatic N) is 1. The molecule has 3 nitrogen and oxygen atoms in total. The maximum Gasteiger partial charge on any atom is 0.485 e. The van der Waals surface area contributed by atoms with E-state index in [0.717, 1.165) is 23.1 Å². The molecule has 0 bridgehead atoms. The molecule has 0 saturated carbocycles. The predicted molar refractivity (Wildman–Crippen MR) is 35.4 cm³/mol. The van der Waals surface area contributed by atoms with Crippen LogP contribution in [0, 0.1) is 0 Å². The van der Waals surface area contributed by atoms with Crippen LogP contribution < -0.4 is 5.32 Å². The summed E-state index contributed by atoms with van der Waals surface area (Å²) >= 11 is 0. The van der Waals surface area contributed by atoms with Gasteiger partial charge in [0.25, 0.3) is 0 Å². The van der Waals surface area contributed by atoms with Crippen LogP contribution in [0.2, 0.25) is 0 Å². The van der Waals surface area contributed by atoms with E-state index in [9.17, 15) is 18.0 Å². The minimum Gasteiger partial charge on any atom is -0.325 e. The van der Waals surface area contributed by atoms with E-state index in [0.29, 0.717) is 13.1 Å². The summed E-state index contributed by atoms with van der Waals surface area (Å²) in [7, 11) is 0. The topological polar surface area (TPSA) is 32.3 Å². The molecule has 0 atom stereocenters. The largest absolute Gasteiger partial charge is 0.485 e. The fraction of sp³-hybridized carbons (Fsp3) is 0.833. The molecule has 1 aliphatic heterocycles. The zero-order valence-electron chi connectivity index (χ0n) is 6.32. The number of rotatable bonds is 0. The molecule has 0 unspecified atom stereocenters. The highest BCUT2D eigenvalue weighted by Gasteiger charge is 2.32. The van der Waals surface area contributed by atoms with Gasteiger partial charge in [-0.1, -0.05) is 0 Å². The summed E-state index contributed by atoms with van der Waals surface area (Å²) in [5, 5.41) is 0.948. The Labute approximate surface area is 67.5 Å². The first-order valence-corrected chi connectivity index (χ1v) is 3.63. The third-order valence-corrected chi connectivity index (χ3v) is 1.64. The Kier molecular flexibility index (Phi) is 2.44. The summed E-state index contributed by atoms with van der Waals surface area (Å²) in [5.41, 5.74) is 0. The average Bonchev–Trinajstić information content (AvgIpc) is 2.32. The normalized spacial score (nSPS) is 18.1. The lowest BCUT2D eigenvalue weighted by molar-refractivity contribution is -0.147. The first kappa shape index (κ1) is 9.15. The lowest BCUT2D eigenvalue weighted by Crippen LogP contribution is -2.45. The summed E-state index contributed by atoms with van der Waals surface area (Å²) in [6.07, 6.45) is -3.05. The first-order valence-electron chi connectivity index (χ1n) is 3.63. The van der Waals surface area contributed by atoms with Crippen molar-refractivity contribution in [1.29, 1.82) is 0 Å². The van der Waals surface area contributed by atoms with Crippen molar-refractivity contribution in [3.8, 4) is 0 Å². The fourth-order valence-electron chi connectivity index (χ4n) is 1.12. The molecule has 1 fully saturated rings. The number of amides is 2. The van der Waals surface area contributed by atoms with E-state index in [1.807, 2.05) is 0 Å². The third-order valence-electron chi connectivity index (χ3n) is 1.64. The van der Waals surface area contributed by atoms with Gasteiger partial charge in [-0.3, -0.25) is 0 Å². The van der Waals surface area contributed by atoms with Crippen molar-refractivity contribution < 1.29 is 18.0 Å². The Morgan fingerprint density at radius 2 is 1.75 bits per heavy atom. The Hall–Kier alpha value is -0.940. The number of carbonyl (C=O) groups excluding carboxylic acids is 1. The Balaban J connectivity index is 2.37. The van der Waals surface area contributed by atoms with Crippen molar-refractivity contribution in [3.05, 3.63) is 0 Å². The molecule has 0 radical (unpaired) electrons. The predicted octanol–water partition coefficient (Wildman–Crippen LogP) is 1.31. The summed E-state index contributed by atoms with van der Waals surface area (Å²) in [6.45, 7) is 0.837. The molecule has 0 aromatic rings.